The molecule has 2 N–H and O–H groups in total. The molecule has 134 valence electrons. The van der Waals surface area contributed by atoms with Crippen molar-refractivity contribution < 1.29 is 19.2 Å². The molecule has 0 aromatic carbocycles. The van der Waals surface area contributed by atoms with Gasteiger partial charge in [-0.1, -0.05) is 18.0 Å². The molecule has 1 fully saturated rings. The van der Waals surface area contributed by atoms with Gasteiger partial charge in [0, 0.05) is 23.8 Å². The molecule has 0 aliphatic heterocycles. The summed E-state index contributed by atoms with van der Waals surface area (Å²) in [7, 11) is 0. The normalized spacial score (nSPS) is 23.3. The quantitative estimate of drug-likeness (QED) is 0.817. The van der Waals surface area contributed by atoms with Gasteiger partial charge in [0.05, 0.1) is 11.5 Å². The molecule has 0 bridgehead atoms. The molecule has 1 saturated carbocycles. The maximum atomic E-state index is 12.3. The van der Waals surface area contributed by atoms with Crippen LogP contribution in [0.4, 0.5) is 0 Å². The molecule has 3 rings (SSSR count). The molecule has 2 aromatic heterocycles. The Hall–Kier alpha value is -2.22. The second-order valence-electron chi connectivity index (χ2n) is 6.63. The molecule has 2 unspecified atom stereocenters. The van der Waals surface area contributed by atoms with Crippen LogP contribution in [-0.2, 0) is 16.0 Å². The van der Waals surface area contributed by atoms with Crippen molar-refractivity contribution in [2.24, 2.45) is 5.92 Å². The molecule has 0 radical (unpaired) electrons. The molecule has 8 heteroatoms. The highest BCUT2D eigenvalue weighted by molar-refractivity contribution is 7.08. The molecular formula is C17H21N3O4S. The third-order valence-corrected chi connectivity index (χ3v) is 5.43. The maximum Gasteiger partial charge on any atom is 0.308 e. The Morgan fingerprint density at radius 1 is 1.48 bits per heavy atom. The molecule has 1 amide bonds. The van der Waals surface area contributed by atoms with Gasteiger partial charge < -0.3 is 14.9 Å². The standard InChI is InChI=1S/C17H21N3O4S/c1-17(8-3-2-4-12(17)16(22)23)19-13(21)5-6-14-18-15(20-24-14)11-7-9-25-10-11/h7,9-10,12H,2-6,8H2,1H3,(H,19,21)(H,22,23). The number of carboxylic acids is 1. The monoisotopic (exact) mass is 363 g/mol. The van der Waals surface area contributed by atoms with Gasteiger partial charge in [-0.25, -0.2) is 0 Å². The minimum atomic E-state index is -0.847. The molecular weight excluding hydrogens is 342 g/mol. The average molecular weight is 363 g/mol. The number of hydrogen-bond donors (Lipinski definition) is 2. The van der Waals surface area contributed by atoms with Crippen LogP contribution in [0.25, 0.3) is 11.4 Å². The summed E-state index contributed by atoms with van der Waals surface area (Å²) in [5.41, 5.74) is 0.196. The number of aliphatic carboxylic acids is 1. The summed E-state index contributed by atoms with van der Waals surface area (Å²) < 4.78 is 5.18. The number of thiophene rings is 1. The van der Waals surface area contributed by atoms with Crippen LogP contribution in [-0.4, -0.2) is 32.7 Å². The summed E-state index contributed by atoms with van der Waals surface area (Å²) >= 11 is 1.55. The average Bonchev–Trinajstić information content (AvgIpc) is 3.24. The molecule has 7 nitrogen and oxygen atoms in total. The van der Waals surface area contributed by atoms with Gasteiger partial charge in [-0.3, -0.25) is 9.59 Å². The Morgan fingerprint density at radius 2 is 2.32 bits per heavy atom. The van der Waals surface area contributed by atoms with Crippen molar-refractivity contribution in [3.8, 4) is 11.4 Å². The first-order valence-corrected chi connectivity index (χ1v) is 9.31. The van der Waals surface area contributed by atoms with Gasteiger partial charge in [0.15, 0.2) is 0 Å². The van der Waals surface area contributed by atoms with Gasteiger partial charge >= 0.3 is 5.97 Å². The zero-order valence-corrected chi connectivity index (χ0v) is 14.8. The second kappa shape index (κ2) is 7.35. The maximum absolute atomic E-state index is 12.3. The number of nitrogens with zero attached hydrogens (tertiary/aromatic N) is 2. The van der Waals surface area contributed by atoms with Crippen LogP contribution in [0.1, 0.15) is 44.9 Å². The Balaban J connectivity index is 1.56. The highest BCUT2D eigenvalue weighted by Crippen LogP contribution is 2.34. The van der Waals surface area contributed by atoms with Gasteiger partial charge in [-0.2, -0.15) is 16.3 Å². The minimum absolute atomic E-state index is 0.188. The molecule has 1 aliphatic carbocycles. The SMILES string of the molecule is CC1(NC(=O)CCc2nc(-c3ccsc3)no2)CCCCC1C(=O)O. The highest BCUT2D eigenvalue weighted by Gasteiger charge is 2.42. The van der Waals surface area contributed by atoms with Crippen LogP contribution in [0.5, 0.6) is 0 Å². The third-order valence-electron chi connectivity index (χ3n) is 4.74. The number of carbonyl (C=O) groups is 2. The zero-order valence-electron chi connectivity index (χ0n) is 14.0. The van der Waals surface area contributed by atoms with E-state index in [0.717, 1.165) is 18.4 Å². The zero-order chi connectivity index (χ0) is 17.9. The van der Waals surface area contributed by atoms with Crippen LogP contribution in [0.3, 0.4) is 0 Å². The van der Waals surface area contributed by atoms with Gasteiger partial charge in [-0.15, -0.1) is 0 Å². The highest BCUT2D eigenvalue weighted by atomic mass is 32.1. The Bertz CT molecular complexity index is 743. The smallest absolute Gasteiger partial charge is 0.308 e. The van der Waals surface area contributed by atoms with E-state index in [1.54, 1.807) is 11.3 Å². The van der Waals surface area contributed by atoms with Crippen LogP contribution in [0.15, 0.2) is 21.3 Å². The molecule has 0 spiro atoms. The van der Waals surface area contributed by atoms with Gasteiger partial charge in [0.2, 0.25) is 17.6 Å². The first-order chi connectivity index (χ1) is 12.0. The largest absolute Gasteiger partial charge is 0.481 e. The van der Waals surface area contributed by atoms with Crippen molar-refractivity contribution >= 4 is 23.2 Å². The van der Waals surface area contributed by atoms with E-state index in [2.05, 4.69) is 15.5 Å². The third kappa shape index (κ3) is 4.07. The second-order valence-corrected chi connectivity index (χ2v) is 7.41. The fraction of sp³-hybridized carbons (Fsp3) is 0.529. The number of carbonyl (C=O) groups excluding carboxylic acids is 1. The van der Waals surface area contributed by atoms with E-state index in [1.165, 1.54) is 0 Å². The van der Waals surface area contributed by atoms with Crippen molar-refractivity contribution in [1.29, 1.82) is 0 Å². The summed E-state index contributed by atoms with van der Waals surface area (Å²) in [5.74, 6) is -0.661. The molecule has 2 heterocycles. The van der Waals surface area contributed by atoms with Crippen LogP contribution < -0.4 is 5.32 Å². The number of aryl methyl sites for hydroxylation is 1. The number of hydrogen-bond acceptors (Lipinski definition) is 6. The van der Waals surface area contributed by atoms with Crippen molar-refractivity contribution in [3.63, 3.8) is 0 Å². The number of amides is 1. The fourth-order valence-corrected chi connectivity index (χ4v) is 3.98. The van der Waals surface area contributed by atoms with Crippen molar-refractivity contribution in [2.75, 3.05) is 0 Å². The molecule has 2 aromatic rings. The topological polar surface area (TPSA) is 105 Å². The van der Waals surface area contributed by atoms with E-state index in [0.29, 0.717) is 31.0 Å². The van der Waals surface area contributed by atoms with E-state index in [1.807, 2.05) is 23.8 Å². The lowest BCUT2D eigenvalue weighted by Crippen LogP contribution is -2.55. The minimum Gasteiger partial charge on any atom is -0.481 e. The number of rotatable bonds is 6. The predicted molar refractivity (Wildman–Crippen MR) is 92.1 cm³/mol. The summed E-state index contributed by atoms with van der Waals surface area (Å²) in [6, 6.07) is 1.90. The summed E-state index contributed by atoms with van der Waals surface area (Å²) in [6.45, 7) is 1.82. The Kier molecular flexibility index (Phi) is 5.17. The molecule has 25 heavy (non-hydrogen) atoms. The van der Waals surface area contributed by atoms with Gasteiger partial charge in [0.1, 0.15) is 0 Å². The summed E-state index contributed by atoms with van der Waals surface area (Å²) in [5, 5.41) is 20.1. The van der Waals surface area contributed by atoms with E-state index in [-0.39, 0.29) is 12.3 Å². The van der Waals surface area contributed by atoms with E-state index in [4.69, 9.17) is 4.52 Å². The first-order valence-electron chi connectivity index (χ1n) is 8.37. The van der Waals surface area contributed by atoms with E-state index >= 15 is 0 Å². The summed E-state index contributed by atoms with van der Waals surface area (Å²) in [4.78, 5) is 28.1. The van der Waals surface area contributed by atoms with E-state index < -0.39 is 17.4 Å². The van der Waals surface area contributed by atoms with E-state index in [9.17, 15) is 14.7 Å². The summed E-state index contributed by atoms with van der Waals surface area (Å²) in [6.07, 6.45) is 3.60. The first kappa shape index (κ1) is 17.6. The predicted octanol–water partition coefficient (Wildman–Crippen LogP) is 2.88. The molecule has 1 aliphatic rings. The van der Waals surface area contributed by atoms with Crippen molar-refractivity contribution in [2.45, 2.75) is 51.0 Å². The lowest BCUT2D eigenvalue weighted by Gasteiger charge is -2.39. The number of carboxylic acid groups (broad SMARTS) is 1. The number of aromatic nitrogens is 2. The fourth-order valence-electron chi connectivity index (χ4n) is 3.35. The Labute approximate surface area is 149 Å². The number of nitrogens with one attached hydrogen (secondary N) is 1. The lowest BCUT2D eigenvalue weighted by molar-refractivity contribution is -0.146. The lowest BCUT2D eigenvalue weighted by atomic mass is 9.74. The van der Waals surface area contributed by atoms with Gasteiger partial charge in [-0.05, 0) is 31.2 Å². The van der Waals surface area contributed by atoms with Gasteiger partial charge in [0.25, 0.3) is 0 Å². The van der Waals surface area contributed by atoms with Crippen molar-refractivity contribution in [3.05, 3.63) is 22.7 Å². The van der Waals surface area contributed by atoms with Crippen LogP contribution in [0.2, 0.25) is 0 Å². The van der Waals surface area contributed by atoms with Crippen molar-refractivity contribution in [1.82, 2.24) is 15.5 Å². The van der Waals surface area contributed by atoms with Crippen LogP contribution in [0, 0.1) is 5.92 Å². The van der Waals surface area contributed by atoms with Crippen LogP contribution >= 0.6 is 11.3 Å². The Morgan fingerprint density at radius 3 is 3.04 bits per heavy atom. The molecule has 0 saturated heterocycles. The molecule has 2 atom stereocenters.